The fourth-order valence-electron chi connectivity index (χ4n) is 1.20. The quantitative estimate of drug-likeness (QED) is 0.638. The highest BCUT2D eigenvalue weighted by Crippen LogP contribution is 2.14. The van der Waals surface area contributed by atoms with Gasteiger partial charge in [-0.05, 0) is 24.5 Å². The molecule has 1 aromatic carbocycles. The van der Waals surface area contributed by atoms with E-state index in [-0.39, 0.29) is 0 Å². The molecule has 1 heteroatoms. The number of alkyl halides is 1. The van der Waals surface area contributed by atoms with Crippen molar-refractivity contribution in [3.8, 4) is 0 Å². The summed E-state index contributed by atoms with van der Waals surface area (Å²) in [5, 5.41) is 0. The highest BCUT2D eigenvalue weighted by molar-refractivity contribution is 6.19. The summed E-state index contributed by atoms with van der Waals surface area (Å²) in [6.45, 7) is 4.25. The highest BCUT2D eigenvalue weighted by Gasteiger charge is 1.95. The maximum atomic E-state index is 5.80. The average molecular weight is 195 g/mol. The van der Waals surface area contributed by atoms with Gasteiger partial charge in [0.15, 0.2) is 0 Å². The fourth-order valence-corrected chi connectivity index (χ4v) is 1.47. The zero-order chi connectivity index (χ0) is 9.68. The molecule has 0 spiro atoms. The van der Waals surface area contributed by atoms with Crippen LogP contribution in [0.5, 0.6) is 0 Å². The molecular formula is C12H15Cl. The van der Waals surface area contributed by atoms with Gasteiger partial charge in [0.1, 0.15) is 0 Å². The standard InChI is InChI=1S/C12H15Cl/c1-3-11(9-13)8-12-7-5-4-6-10(12)2/h4-8H,3,9H2,1-2H3. The second-order valence-electron chi connectivity index (χ2n) is 3.15. The Balaban J connectivity index is 2.95. The summed E-state index contributed by atoms with van der Waals surface area (Å²) in [5.41, 5.74) is 3.87. The lowest BCUT2D eigenvalue weighted by atomic mass is 10.1. The van der Waals surface area contributed by atoms with Crippen LogP contribution < -0.4 is 0 Å². The SMILES string of the molecule is CCC(=Cc1ccccc1C)CCl. The van der Waals surface area contributed by atoms with Crippen molar-refractivity contribution >= 4 is 17.7 Å². The van der Waals surface area contributed by atoms with Gasteiger partial charge in [-0.25, -0.2) is 0 Å². The molecule has 0 N–H and O–H groups in total. The van der Waals surface area contributed by atoms with Crippen LogP contribution in [0.1, 0.15) is 24.5 Å². The van der Waals surface area contributed by atoms with Crippen LogP contribution in [0.4, 0.5) is 0 Å². The summed E-state index contributed by atoms with van der Waals surface area (Å²) in [5.74, 6) is 0.630. The van der Waals surface area contributed by atoms with E-state index in [2.05, 4.69) is 44.2 Å². The molecule has 0 amide bonds. The third-order valence-electron chi connectivity index (χ3n) is 2.17. The van der Waals surface area contributed by atoms with Crippen LogP contribution in [0, 0.1) is 6.92 Å². The van der Waals surface area contributed by atoms with Gasteiger partial charge in [-0.2, -0.15) is 0 Å². The third kappa shape index (κ3) is 2.89. The molecule has 0 radical (unpaired) electrons. The molecule has 0 nitrogen and oxygen atoms in total. The number of halogens is 1. The first-order chi connectivity index (χ1) is 6.27. The third-order valence-corrected chi connectivity index (χ3v) is 2.52. The zero-order valence-electron chi connectivity index (χ0n) is 8.18. The van der Waals surface area contributed by atoms with Crippen LogP contribution in [0.15, 0.2) is 29.8 Å². The first-order valence-electron chi connectivity index (χ1n) is 4.59. The van der Waals surface area contributed by atoms with Gasteiger partial charge in [0, 0.05) is 5.88 Å². The molecule has 0 bridgehead atoms. The Morgan fingerprint density at radius 2 is 2.08 bits per heavy atom. The summed E-state index contributed by atoms with van der Waals surface area (Å²) < 4.78 is 0. The summed E-state index contributed by atoms with van der Waals surface area (Å²) in [7, 11) is 0. The maximum absolute atomic E-state index is 5.80. The Kier molecular flexibility index (Phi) is 4.04. The highest BCUT2D eigenvalue weighted by atomic mass is 35.5. The maximum Gasteiger partial charge on any atom is 0.0436 e. The van der Waals surface area contributed by atoms with E-state index in [0.717, 1.165) is 6.42 Å². The molecule has 1 rings (SSSR count). The van der Waals surface area contributed by atoms with Crippen LogP contribution in [0.25, 0.3) is 6.08 Å². The van der Waals surface area contributed by atoms with E-state index in [4.69, 9.17) is 11.6 Å². The van der Waals surface area contributed by atoms with Crippen LogP contribution >= 0.6 is 11.6 Å². The second-order valence-corrected chi connectivity index (χ2v) is 3.41. The molecule has 13 heavy (non-hydrogen) atoms. The van der Waals surface area contributed by atoms with E-state index in [0.29, 0.717) is 5.88 Å². The van der Waals surface area contributed by atoms with E-state index >= 15 is 0 Å². The predicted molar refractivity (Wildman–Crippen MR) is 60.2 cm³/mol. The van der Waals surface area contributed by atoms with Gasteiger partial charge in [-0.15, -0.1) is 11.6 Å². The van der Waals surface area contributed by atoms with Gasteiger partial charge >= 0.3 is 0 Å². The smallest absolute Gasteiger partial charge is 0.0436 e. The van der Waals surface area contributed by atoms with Crippen LogP contribution in [0.3, 0.4) is 0 Å². The lowest BCUT2D eigenvalue weighted by Crippen LogP contribution is -1.85. The van der Waals surface area contributed by atoms with Gasteiger partial charge in [-0.3, -0.25) is 0 Å². The molecule has 0 atom stereocenters. The number of benzene rings is 1. The Morgan fingerprint density at radius 3 is 2.62 bits per heavy atom. The molecule has 0 fully saturated rings. The van der Waals surface area contributed by atoms with Crippen molar-refractivity contribution in [2.24, 2.45) is 0 Å². The molecule has 1 aromatic rings. The van der Waals surface area contributed by atoms with Gasteiger partial charge in [0.25, 0.3) is 0 Å². The van der Waals surface area contributed by atoms with Crippen LogP contribution in [-0.4, -0.2) is 5.88 Å². The van der Waals surface area contributed by atoms with Gasteiger partial charge in [0.2, 0.25) is 0 Å². The molecule has 0 aliphatic carbocycles. The predicted octanol–water partition coefficient (Wildman–Crippen LogP) is 4.03. The average Bonchev–Trinajstić information content (AvgIpc) is 2.17. The molecule has 0 aliphatic rings. The molecule has 0 aliphatic heterocycles. The van der Waals surface area contributed by atoms with E-state index in [9.17, 15) is 0 Å². The summed E-state index contributed by atoms with van der Waals surface area (Å²) >= 11 is 5.80. The lowest BCUT2D eigenvalue weighted by Gasteiger charge is -2.02. The minimum Gasteiger partial charge on any atom is -0.122 e. The van der Waals surface area contributed by atoms with Gasteiger partial charge < -0.3 is 0 Å². The van der Waals surface area contributed by atoms with E-state index in [1.54, 1.807) is 0 Å². The van der Waals surface area contributed by atoms with E-state index in [1.807, 2.05) is 0 Å². The Morgan fingerprint density at radius 1 is 1.38 bits per heavy atom. The zero-order valence-corrected chi connectivity index (χ0v) is 8.93. The van der Waals surface area contributed by atoms with Crippen molar-refractivity contribution < 1.29 is 0 Å². The van der Waals surface area contributed by atoms with Crippen molar-refractivity contribution in [2.45, 2.75) is 20.3 Å². The topological polar surface area (TPSA) is 0 Å². The van der Waals surface area contributed by atoms with Crippen molar-refractivity contribution in [1.82, 2.24) is 0 Å². The molecule has 0 saturated heterocycles. The fraction of sp³-hybridized carbons (Fsp3) is 0.333. The first kappa shape index (κ1) is 10.3. The normalized spacial score (nSPS) is 11.8. The molecule has 0 heterocycles. The van der Waals surface area contributed by atoms with Crippen molar-refractivity contribution in [2.75, 3.05) is 5.88 Å². The molecule has 0 unspecified atom stereocenters. The lowest BCUT2D eigenvalue weighted by molar-refractivity contribution is 1.12. The van der Waals surface area contributed by atoms with E-state index < -0.39 is 0 Å². The summed E-state index contributed by atoms with van der Waals surface area (Å²) in [6, 6.07) is 8.35. The number of allylic oxidation sites excluding steroid dienone is 1. The Labute approximate surface area is 85.2 Å². The Hall–Kier alpha value is -0.750. The number of aryl methyl sites for hydroxylation is 1. The minimum absolute atomic E-state index is 0.630. The monoisotopic (exact) mass is 194 g/mol. The number of hydrogen-bond acceptors (Lipinski definition) is 0. The van der Waals surface area contributed by atoms with Crippen molar-refractivity contribution in [1.29, 1.82) is 0 Å². The van der Waals surface area contributed by atoms with Gasteiger partial charge in [-0.1, -0.05) is 42.8 Å². The summed E-state index contributed by atoms with van der Waals surface area (Å²) in [4.78, 5) is 0. The minimum atomic E-state index is 0.630. The van der Waals surface area contributed by atoms with Crippen LogP contribution in [0.2, 0.25) is 0 Å². The number of rotatable bonds is 3. The molecule has 0 aromatic heterocycles. The molecule has 70 valence electrons. The largest absolute Gasteiger partial charge is 0.122 e. The summed E-state index contributed by atoms with van der Waals surface area (Å²) in [6.07, 6.45) is 3.21. The molecule has 0 saturated carbocycles. The van der Waals surface area contributed by atoms with Crippen LogP contribution in [-0.2, 0) is 0 Å². The molecular weight excluding hydrogens is 180 g/mol. The Bertz CT molecular complexity index is 294. The van der Waals surface area contributed by atoms with E-state index in [1.165, 1.54) is 16.7 Å². The van der Waals surface area contributed by atoms with Crippen molar-refractivity contribution in [3.63, 3.8) is 0 Å². The second kappa shape index (κ2) is 5.08. The first-order valence-corrected chi connectivity index (χ1v) is 5.12. The van der Waals surface area contributed by atoms with Gasteiger partial charge in [0.05, 0.1) is 0 Å². The number of hydrogen-bond donors (Lipinski definition) is 0. The van der Waals surface area contributed by atoms with Crippen molar-refractivity contribution in [3.05, 3.63) is 41.0 Å².